The molecule has 1 N–H and O–H groups in total. The number of carbonyl (C=O) groups is 1. The highest BCUT2D eigenvalue weighted by Crippen LogP contribution is 2.21. The van der Waals surface area contributed by atoms with E-state index >= 15 is 0 Å². The molecule has 6 nitrogen and oxygen atoms in total. The topological polar surface area (TPSA) is 78.2 Å². The molecule has 0 unspecified atom stereocenters. The van der Waals surface area contributed by atoms with Gasteiger partial charge in [-0.1, -0.05) is 18.2 Å². The maximum Gasteiger partial charge on any atom is 0.270 e. The van der Waals surface area contributed by atoms with Crippen molar-refractivity contribution >= 4 is 11.6 Å². The number of rotatable bonds is 4. The largest absolute Gasteiger partial charge is 0.378 e. The predicted octanol–water partition coefficient (Wildman–Crippen LogP) is 1.72. The number of benzene rings is 1. The van der Waals surface area contributed by atoms with E-state index in [0.29, 0.717) is 17.8 Å². The number of hydrogen-bond acceptors (Lipinski definition) is 5. The Bertz CT molecular complexity index is 746. The highest BCUT2D eigenvalue weighted by Gasteiger charge is 2.15. The van der Waals surface area contributed by atoms with Crippen LogP contribution in [0, 0.1) is 11.3 Å². The van der Waals surface area contributed by atoms with Crippen LogP contribution < -0.4 is 10.2 Å². The number of morpholine rings is 1. The number of nitriles is 1. The Morgan fingerprint density at radius 3 is 2.75 bits per heavy atom. The van der Waals surface area contributed by atoms with Gasteiger partial charge in [0.15, 0.2) is 0 Å². The maximum atomic E-state index is 12.2. The number of anilines is 1. The van der Waals surface area contributed by atoms with Crippen molar-refractivity contribution in [1.82, 2.24) is 10.3 Å². The second-order valence-electron chi connectivity index (χ2n) is 5.45. The van der Waals surface area contributed by atoms with Crippen molar-refractivity contribution in [3.63, 3.8) is 0 Å². The minimum Gasteiger partial charge on any atom is -0.378 e. The van der Waals surface area contributed by atoms with Crippen LogP contribution in [0.4, 0.5) is 5.69 Å². The Hall–Kier alpha value is -2.91. The number of amides is 1. The van der Waals surface area contributed by atoms with Gasteiger partial charge in [-0.3, -0.25) is 4.79 Å². The Labute approximate surface area is 140 Å². The fraction of sp³-hybridized carbons (Fsp3) is 0.278. The molecule has 1 amide bonds. The van der Waals surface area contributed by atoms with E-state index in [1.165, 1.54) is 6.20 Å². The molecule has 1 aliphatic heterocycles. The molecule has 1 aromatic heterocycles. The van der Waals surface area contributed by atoms with Crippen molar-refractivity contribution in [3.8, 4) is 6.07 Å². The third kappa shape index (κ3) is 3.70. The third-order valence-electron chi connectivity index (χ3n) is 3.91. The van der Waals surface area contributed by atoms with Gasteiger partial charge in [0.25, 0.3) is 5.91 Å². The van der Waals surface area contributed by atoms with Gasteiger partial charge in [-0.05, 0) is 23.8 Å². The average Bonchev–Trinajstić information content (AvgIpc) is 2.67. The highest BCUT2D eigenvalue weighted by molar-refractivity contribution is 5.92. The van der Waals surface area contributed by atoms with Crippen LogP contribution in [0.5, 0.6) is 0 Å². The van der Waals surface area contributed by atoms with Crippen LogP contribution in [-0.4, -0.2) is 37.2 Å². The minimum absolute atomic E-state index is 0.253. The SMILES string of the molecule is N#Cc1ccc(C(=O)NCc2ccccc2N2CCOCC2)nc1. The van der Waals surface area contributed by atoms with E-state index in [0.717, 1.165) is 37.6 Å². The molecular formula is C18H18N4O2. The second kappa shape index (κ2) is 7.57. The van der Waals surface area contributed by atoms with Gasteiger partial charge < -0.3 is 15.0 Å². The summed E-state index contributed by atoms with van der Waals surface area (Å²) < 4.78 is 5.39. The lowest BCUT2D eigenvalue weighted by atomic mass is 10.1. The standard InChI is InChI=1S/C18H18N4O2/c19-11-14-5-6-16(20-12-14)18(23)21-13-15-3-1-2-4-17(15)22-7-9-24-10-8-22/h1-6,12H,7-10,13H2,(H,21,23). The number of nitrogens with zero attached hydrogens (tertiary/aromatic N) is 3. The molecule has 122 valence electrons. The molecule has 1 fully saturated rings. The fourth-order valence-electron chi connectivity index (χ4n) is 2.63. The quantitative estimate of drug-likeness (QED) is 0.927. The molecule has 0 spiro atoms. The van der Waals surface area contributed by atoms with Crippen molar-refractivity contribution in [3.05, 3.63) is 59.4 Å². The second-order valence-corrected chi connectivity index (χ2v) is 5.45. The molecule has 1 saturated heterocycles. The normalized spacial score (nSPS) is 14.0. The predicted molar refractivity (Wildman–Crippen MR) is 89.6 cm³/mol. The number of nitrogens with one attached hydrogen (secondary N) is 1. The molecule has 0 radical (unpaired) electrons. The Kier molecular flexibility index (Phi) is 5.04. The lowest BCUT2D eigenvalue weighted by Crippen LogP contribution is -2.37. The first kappa shape index (κ1) is 16.0. The summed E-state index contributed by atoms with van der Waals surface area (Å²) in [6.07, 6.45) is 1.40. The number of para-hydroxylation sites is 1. The van der Waals surface area contributed by atoms with E-state index in [9.17, 15) is 4.79 Å². The van der Waals surface area contributed by atoms with Gasteiger partial charge in [-0.25, -0.2) is 4.98 Å². The molecule has 0 saturated carbocycles. The van der Waals surface area contributed by atoms with Crippen molar-refractivity contribution in [2.24, 2.45) is 0 Å². The number of ether oxygens (including phenoxy) is 1. The maximum absolute atomic E-state index is 12.2. The van der Waals surface area contributed by atoms with E-state index in [2.05, 4.69) is 21.3 Å². The summed E-state index contributed by atoms with van der Waals surface area (Å²) in [4.78, 5) is 18.5. The average molecular weight is 322 g/mol. The van der Waals surface area contributed by atoms with Gasteiger partial charge in [0.1, 0.15) is 11.8 Å². The monoisotopic (exact) mass is 322 g/mol. The Morgan fingerprint density at radius 1 is 1.25 bits per heavy atom. The van der Waals surface area contributed by atoms with Crippen LogP contribution in [0.1, 0.15) is 21.6 Å². The van der Waals surface area contributed by atoms with Crippen molar-refractivity contribution in [2.75, 3.05) is 31.2 Å². The number of aromatic nitrogens is 1. The van der Waals surface area contributed by atoms with Gasteiger partial charge >= 0.3 is 0 Å². The van der Waals surface area contributed by atoms with E-state index in [-0.39, 0.29) is 5.91 Å². The molecule has 0 aliphatic carbocycles. The zero-order valence-electron chi connectivity index (χ0n) is 13.2. The molecule has 2 aromatic rings. The Balaban J connectivity index is 1.67. The molecule has 1 aromatic carbocycles. The summed E-state index contributed by atoms with van der Waals surface area (Å²) in [5.41, 5.74) is 2.91. The van der Waals surface area contributed by atoms with Crippen LogP contribution in [-0.2, 0) is 11.3 Å². The molecule has 0 atom stereocenters. The molecule has 2 heterocycles. The molecule has 3 rings (SSSR count). The van der Waals surface area contributed by atoms with Crippen molar-refractivity contribution < 1.29 is 9.53 Å². The molecule has 6 heteroatoms. The lowest BCUT2D eigenvalue weighted by Gasteiger charge is -2.30. The summed E-state index contributed by atoms with van der Waals surface area (Å²) in [6.45, 7) is 3.56. The van der Waals surface area contributed by atoms with Gasteiger partial charge in [0, 0.05) is 31.5 Å². The van der Waals surface area contributed by atoms with E-state index in [4.69, 9.17) is 10.00 Å². The van der Waals surface area contributed by atoms with Crippen LogP contribution in [0.3, 0.4) is 0 Å². The summed E-state index contributed by atoms with van der Waals surface area (Å²) in [5.74, 6) is -0.253. The highest BCUT2D eigenvalue weighted by atomic mass is 16.5. The van der Waals surface area contributed by atoms with Gasteiger partial charge in [0.2, 0.25) is 0 Å². The fourth-order valence-corrected chi connectivity index (χ4v) is 2.63. The molecule has 1 aliphatic rings. The van der Waals surface area contributed by atoms with E-state index in [1.54, 1.807) is 12.1 Å². The van der Waals surface area contributed by atoms with Crippen LogP contribution in [0.25, 0.3) is 0 Å². The minimum atomic E-state index is -0.253. The van der Waals surface area contributed by atoms with Gasteiger partial charge in [-0.15, -0.1) is 0 Å². The van der Waals surface area contributed by atoms with E-state index in [1.807, 2.05) is 24.3 Å². The van der Waals surface area contributed by atoms with Gasteiger partial charge in [0.05, 0.1) is 18.8 Å². The zero-order chi connectivity index (χ0) is 16.8. The summed E-state index contributed by atoms with van der Waals surface area (Å²) >= 11 is 0. The van der Waals surface area contributed by atoms with Crippen molar-refractivity contribution in [2.45, 2.75) is 6.54 Å². The molecule has 0 bridgehead atoms. The van der Waals surface area contributed by atoms with Crippen LogP contribution in [0.2, 0.25) is 0 Å². The Morgan fingerprint density at radius 2 is 2.04 bits per heavy atom. The first-order valence-corrected chi connectivity index (χ1v) is 7.83. The first-order chi connectivity index (χ1) is 11.8. The molecular weight excluding hydrogens is 304 g/mol. The lowest BCUT2D eigenvalue weighted by molar-refractivity contribution is 0.0945. The van der Waals surface area contributed by atoms with Crippen LogP contribution >= 0.6 is 0 Å². The summed E-state index contributed by atoms with van der Waals surface area (Å²) in [6, 6.07) is 13.2. The third-order valence-corrected chi connectivity index (χ3v) is 3.91. The number of carbonyl (C=O) groups excluding carboxylic acids is 1. The smallest absolute Gasteiger partial charge is 0.270 e. The zero-order valence-corrected chi connectivity index (χ0v) is 13.2. The summed E-state index contributed by atoms with van der Waals surface area (Å²) in [5, 5.41) is 11.7. The van der Waals surface area contributed by atoms with Crippen LogP contribution in [0.15, 0.2) is 42.6 Å². The van der Waals surface area contributed by atoms with Crippen molar-refractivity contribution in [1.29, 1.82) is 5.26 Å². The first-order valence-electron chi connectivity index (χ1n) is 7.83. The molecule has 24 heavy (non-hydrogen) atoms. The number of pyridine rings is 1. The van der Waals surface area contributed by atoms with E-state index < -0.39 is 0 Å². The van der Waals surface area contributed by atoms with Gasteiger partial charge in [-0.2, -0.15) is 5.26 Å². The summed E-state index contributed by atoms with van der Waals surface area (Å²) in [7, 11) is 0. The number of hydrogen-bond donors (Lipinski definition) is 1.